The Bertz CT molecular complexity index is 601. The van der Waals surface area contributed by atoms with E-state index in [9.17, 15) is 4.79 Å². The van der Waals surface area contributed by atoms with E-state index >= 15 is 0 Å². The van der Waals surface area contributed by atoms with E-state index in [0.29, 0.717) is 18.8 Å². The summed E-state index contributed by atoms with van der Waals surface area (Å²) in [5.74, 6) is -0.0823. The van der Waals surface area contributed by atoms with Crippen molar-refractivity contribution < 1.29 is 9.53 Å². The Morgan fingerprint density at radius 3 is 3.00 bits per heavy atom. The first-order valence-electron chi connectivity index (χ1n) is 6.34. The molecule has 1 amide bonds. The fourth-order valence-corrected chi connectivity index (χ4v) is 1.90. The van der Waals surface area contributed by atoms with Gasteiger partial charge in [-0.2, -0.15) is 0 Å². The van der Waals surface area contributed by atoms with Gasteiger partial charge in [-0.15, -0.1) is 0 Å². The number of anilines is 2. The first kappa shape index (κ1) is 14.1. The van der Waals surface area contributed by atoms with Crippen molar-refractivity contribution >= 4 is 28.1 Å². The lowest BCUT2D eigenvalue weighted by atomic mass is 10.1. The van der Waals surface area contributed by atoms with E-state index in [0.717, 1.165) is 16.5 Å². The van der Waals surface area contributed by atoms with Crippen LogP contribution in [0.15, 0.2) is 30.6 Å². The predicted octanol–water partition coefficient (Wildman–Crippen LogP) is 0.991. The van der Waals surface area contributed by atoms with Crippen molar-refractivity contribution in [2.45, 2.75) is 0 Å². The van der Waals surface area contributed by atoms with Crippen LogP contribution in [0.25, 0.3) is 10.8 Å². The highest BCUT2D eigenvalue weighted by Crippen LogP contribution is 2.27. The van der Waals surface area contributed by atoms with Crippen LogP contribution in [0.2, 0.25) is 0 Å². The molecule has 0 saturated carbocycles. The number of aromatic nitrogens is 1. The molecule has 20 heavy (non-hydrogen) atoms. The molecule has 6 heteroatoms. The molecule has 0 bridgehead atoms. The molecule has 0 aliphatic rings. The number of nitrogens with one attached hydrogen (secondary N) is 2. The highest BCUT2D eigenvalue weighted by molar-refractivity contribution is 6.01. The van der Waals surface area contributed by atoms with Crippen LogP contribution in [0, 0.1) is 0 Å². The molecule has 0 radical (unpaired) electrons. The van der Waals surface area contributed by atoms with Crippen LogP contribution in [-0.4, -0.2) is 37.7 Å². The fourth-order valence-electron chi connectivity index (χ4n) is 1.90. The summed E-state index contributed by atoms with van der Waals surface area (Å²) < 4.78 is 4.87. The Morgan fingerprint density at radius 1 is 1.35 bits per heavy atom. The van der Waals surface area contributed by atoms with Crippen LogP contribution in [-0.2, 0) is 9.53 Å². The van der Waals surface area contributed by atoms with Crippen molar-refractivity contribution in [2.75, 3.05) is 37.9 Å². The second kappa shape index (κ2) is 6.72. The number of pyridine rings is 1. The van der Waals surface area contributed by atoms with Crippen molar-refractivity contribution in [2.24, 2.45) is 0 Å². The zero-order chi connectivity index (χ0) is 14.4. The standard InChI is InChI=1S/C14H18N4O2/c1-20-7-6-17-14(19)9-18-13-3-2-12(15)11-8-16-5-4-10(11)13/h2-5,8,18H,6-7,9,15H2,1H3,(H,17,19). The molecule has 4 N–H and O–H groups in total. The minimum Gasteiger partial charge on any atom is -0.398 e. The topological polar surface area (TPSA) is 89.3 Å². The second-order valence-corrected chi connectivity index (χ2v) is 4.32. The number of rotatable bonds is 6. The van der Waals surface area contributed by atoms with Crippen LogP contribution >= 0.6 is 0 Å². The highest BCUT2D eigenvalue weighted by Gasteiger charge is 2.05. The zero-order valence-electron chi connectivity index (χ0n) is 11.3. The smallest absolute Gasteiger partial charge is 0.239 e. The molecule has 0 aliphatic carbocycles. The van der Waals surface area contributed by atoms with Gasteiger partial charge in [0.05, 0.1) is 13.2 Å². The van der Waals surface area contributed by atoms with E-state index in [-0.39, 0.29) is 12.5 Å². The Kier molecular flexibility index (Phi) is 4.73. The first-order chi connectivity index (χ1) is 9.72. The molecule has 6 nitrogen and oxygen atoms in total. The molecule has 1 aromatic heterocycles. The van der Waals surface area contributed by atoms with E-state index in [1.807, 2.05) is 12.1 Å². The number of benzene rings is 1. The van der Waals surface area contributed by atoms with Gasteiger partial charge in [0, 0.05) is 48.2 Å². The quantitative estimate of drug-likeness (QED) is 0.540. The third-order valence-electron chi connectivity index (χ3n) is 2.92. The third kappa shape index (κ3) is 3.36. The van der Waals surface area contributed by atoms with E-state index in [1.165, 1.54) is 0 Å². The number of carbonyl (C=O) groups is 1. The van der Waals surface area contributed by atoms with Crippen molar-refractivity contribution in [1.29, 1.82) is 0 Å². The van der Waals surface area contributed by atoms with Crippen molar-refractivity contribution in [1.82, 2.24) is 10.3 Å². The number of carbonyl (C=O) groups excluding carboxylic acids is 1. The molecule has 0 saturated heterocycles. The Morgan fingerprint density at radius 2 is 2.20 bits per heavy atom. The molecule has 2 aromatic rings. The van der Waals surface area contributed by atoms with E-state index in [2.05, 4.69) is 15.6 Å². The molecule has 0 fully saturated rings. The number of nitrogen functional groups attached to an aromatic ring is 1. The molecule has 1 aromatic carbocycles. The van der Waals surface area contributed by atoms with Crippen LogP contribution in [0.5, 0.6) is 0 Å². The SMILES string of the molecule is COCCNC(=O)CNc1ccc(N)c2cnccc12. The van der Waals surface area contributed by atoms with E-state index in [1.54, 1.807) is 25.6 Å². The molecule has 0 atom stereocenters. The summed E-state index contributed by atoms with van der Waals surface area (Å²) in [7, 11) is 1.60. The summed E-state index contributed by atoms with van der Waals surface area (Å²) in [6, 6.07) is 5.53. The van der Waals surface area contributed by atoms with Crippen LogP contribution in [0.3, 0.4) is 0 Å². The van der Waals surface area contributed by atoms with Gasteiger partial charge in [-0.25, -0.2) is 0 Å². The maximum absolute atomic E-state index is 11.6. The number of amides is 1. The maximum atomic E-state index is 11.6. The lowest BCUT2D eigenvalue weighted by Crippen LogP contribution is -2.32. The summed E-state index contributed by atoms with van der Waals surface area (Å²) in [5.41, 5.74) is 7.43. The molecule has 0 aliphatic heterocycles. The third-order valence-corrected chi connectivity index (χ3v) is 2.92. The Labute approximate surface area is 117 Å². The average Bonchev–Trinajstić information content (AvgIpc) is 2.47. The Balaban J connectivity index is 2.03. The fraction of sp³-hybridized carbons (Fsp3) is 0.286. The summed E-state index contributed by atoms with van der Waals surface area (Å²) in [6.07, 6.45) is 3.42. The monoisotopic (exact) mass is 274 g/mol. The number of hydrogen-bond acceptors (Lipinski definition) is 5. The second-order valence-electron chi connectivity index (χ2n) is 4.32. The maximum Gasteiger partial charge on any atom is 0.239 e. The van der Waals surface area contributed by atoms with Gasteiger partial charge in [0.15, 0.2) is 0 Å². The van der Waals surface area contributed by atoms with Crippen molar-refractivity contribution in [3.8, 4) is 0 Å². The van der Waals surface area contributed by atoms with Gasteiger partial charge in [-0.3, -0.25) is 9.78 Å². The zero-order valence-corrected chi connectivity index (χ0v) is 11.3. The molecule has 2 rings (SSSR count). The predicted molar refractivity (Wildman–Crippen MR) is 79.5 cm³/mol. The highest BCUT2D eigenvalue weighted by atomic mass is 16.5. The van der Waals surface area contributed by atoms with Gasteiger partial charge in [0.25, 0.3) is 0 Å². The lowest BCUT2D eigenvalue weighted by molar-refractivity contribution is -0.119. The number of nitrogens with two attached hydrogens (primary N) is 1. The van der Waals surface area contributed by atoms with Gasteiger partial charge >= 0.3 is 0 Å². The molecular formula is C14H18N4O2. The summed E-state index contributed by atoms with van der Waals surface area (Å²) >= 11 is 0. The minimum atomic E-state index is -0.0823. The number of fused-ring (bicyclic) bond motifs is 1. The van der Waals surface area contributed by atoms with Crippen molar-refractivity contribution in [3.05, 3.63) is 30.6 Å². The van der Waals surface area contributed by atoms with Gasteiger partial charge in [0.2, 0.25) is 5.91 Å². The summed E-state index contributed by atoms with van der Waals surface area (Å²) in [5, 5.41) is 7.68. The normalized spacial score (nSPS) is 10.4. The first-order valence-corrected chi connectivity index (χ1v) is 6.34. The van der Waals surface area contributed by atoms with Gasteiger partial charge < -0.3 is 21.1 Å². The number of nitrogens with zero attached hydrogens (tertiary/aromatic N) is 1. The van der Waals surface area contributed by atoms with Gasteiger partial charge in [-0.1, -0.05) is 0 Å². The van der Waals surface area contributed by atoms with Crippen molar-refractivity contribution in [3.63, 3.8) is 0 Å². The largest absolute Gasteiger partial charge is 0.398 e. The minimum absolute atomic E-state index is 0.0823. The van der Waals surface area contributed by atoms with Crippen LogP contribution in [0.1, 0.15) is 0 Å². The number of ether oxygens (including phenoxy) is 1. The van der Waals surface area contributed by atoms with E-state index < -0.39 is 0 Å². The van der Waals surface area contributed by atoms with E-state index in [4.69, 9.17) is 10.5 Å². The Hall–Kier alpha value is -2.34. The lowest BCUT2D eigenvalue weighted by Gasteiger charge is -2.11. The molecule has 106 valence electrons. The average molecular weight is 274 g/mol. The van der Waals surface area contributed by atoms with Gasteiger partial charge in [0.1, 0.15) is 0 Å². The summed E-state index contributed by atoms with van der Waals surface area (Å²) in [6.45, 7) is 1.21. The number of hydrogen-bond donors (Lipinski definition) is 3. The number of methoxy groups -OCH3 is 1. The molecule has 0 unspecified atom stereocenters. The van der Waals surface area contributed by atoms with Gasteiger partial charge in [-0.05, 0) is 18.2 Å². The molecular weight excluding hydrogens is 256 g/mol. The van der Waals surface area contributed by atoms with Crippen LogP contribution < -0.4 is 16.4 Å². The molecule has 1 heterocycles. The van der Waals surface area contributed by atoms with Crippen LogP contribution in [0.4, 0.5) is 11.4 Å². The molecule has 0 spiro atoms. The summed E-state index contributed by atoms with van der Waals surface area (Å²) in [4.78, 5) is 15.7.